The molecule has 144 valence electrons. The van der Waals surface area contributed by atoms with Gasteiger partial charge in [0.05, 0.1) is 7.11 Å². The van der Waals surface area contributed by atoms with Crippen molar-refractivity contribution < 1.29 is 4.74 Å². The van der Waals surface area contributed by atoms with Crippen LogP contribution in [-0.2, 0) is 13.1 Å². The average molecular weight is 385 g/mol. The summed E-state index contributed by atoms with van der Waals surface area (Å²) in [6.07, 6.45) is 0. The quantitative estimate of drug-likeness (QED) is 0.773. The molecule has 0 saturated carbocycles. The molecule has 0 unspecified atom stereocenters. The highest BCUT2D eigenvalue weighted by Crippen LogP contribution is 2.19. The number of ether oxygens (including phenoxy) is 1. The van der Waals surface area contributed by atoms with Gasteiger partial charge in [-0.25, -0.2) is 0 Å². The minimum Gasteiger partial charge on any atom is -0.497 e. The van der Waals surface area contributed by atoms with Crippen molar-refractivity contribution in [3.05, 3.63) is 59.7 Å². The first-order valence-corrected chi connectivity index (χ1v) is 9.66. The molecule has 6 heteroatoms. The van der Waals surface area contributed by atoms with Crippen LogP contribution in [0.5, 0.6) is 5.75 Å². The lowest BCUT2D eigenvalue weighted by Gasteiger charge is -2.34. The van der Waals surface area contributed by atoms with E-state index in [1.165, 1.54) is 11.3 Å². The summed E-state index contributed by atoms with van der Waals surface area (Å²) >= 11 is 5.27. The van der Waals surface area contributed by atoms with E-state index in [4.69, 9.17) is 22.7 Å². The van der Waals surface area contributed by atoms with Crippen molar-refractivity contribution in [1.82, 2.24) is 9.80 Å². The molecule has 1 heterocycles. The van der Waals surface area contributed by atoms with Crippen molar-refractivity contribution in [1.29, 1.82) is 0 Å². The van der Waals surface area contributed by atoms with Crippen LogP contribution in [0.25, 0.3) is 0 Å². The summed E-state index contributed by atoms with van der Waals surface area (Å²) in [5.74, 6) is 0.847. The molecule has 27 heavy (non-hydrogen) atoms. The number of hydrogen-bond acceptors (Lipinski definition) is 4. The fraction of sp³-hybridized carbons (Fsp3) is 0.381. The SMILES string of the molecule is COc1ccc(CN(Cc2ccc(N3CCN(C)CC3)cc2)C(N)=S)cc1. The van der Waals surface area contributed by atoms with Crippen LogP contribution in [0, 0.1) is 0 Å². The Hall–Kier alpha value is -2.31. The standard InChI is InChI=1S/C21H28N4OS/c1-23-11-13-24(14-12-23)19-7-3-17(4-8-19)15-25(21(22)27)16-18-5-9-20(26-2)10-6-18/h3-10H,11-16H2,1-2H3,(H2,22,27). The van der Waals surface area contributed by atoms with Crippen molar-refractivity contribution in [3.8, 4) is 5.75 Å². The number of anilines is 1. The van der Waals surface area contributed by atoms with Gasteiger partial charge in [-0.1, -0.05) is 24.3 Å². The van der Waals surface area contributed by atoms with Crippen molar-refractivity contribution in [3.63, 3.8) is 0 Å². The number of likely N-dealkylation sites (N-methyl/N-ethyl adjacent to an activating group) is 1. The van der Waals surface area contributed by atoms with Gasteiger partial charge in [0.25, 0.3) is 0 Å². The summed E-state index contributed by atoms with van der Waals surface area (Å²) in [6.45, 7) is 5.75. The maximum atomic E-state index is 5.97. The van der Waals surface area contributed by atoms with Gasteiger partial charge in [0.1, 0.15) is 5.75 Å². The summed E-state index contributed by atoms with van der Waals surface area (Å²) in [6, 6.07) is 16.7. The van der Waals surface area contributed by atoms with Crippen molar-refractivity contribution in [2.45, 2.75) is 13.1 Å². The zero-order chi connectivity index (χ0) is 19.2. The largest absolute Gasteiger partial charge is 0.497 e. The number of hydrogen-bond donors (Lipinski definition) is 1. The zero-order valence-electron chi connectivity index (χ0n) is 16.1. The topological polar surface area (TPSA) is 45.0 Å². The van der Waals surface area contributed by atoms with Gasteiger partial charge in [-0.15, -0.1) is 0 Å². The molecular weight excluding hydrogens is 356 g/mol. The summed E-state index contributed by atoms with van der Waals surface area (Å²) in [4.78, 5) is 6.82. The first kappa shape index (κ1) is 19.5. The Balaban J connectivity index is 1.63. The van der Waals surface area contributed by atoms with Gasteiger partial charge >= 0.3 is 0 Å². The average Bonchev–Trinajstić information content (AvgIpc) is 2.69. The van der Waals surface area contributed by atoms with E-state index in [-0.39, 0.29) is 0 Å². The van der Waals surface area contributed by atoms with Crippen LogP contribution in [0.1, 0.15) is 11.1 Å². The summed E-state index contributed by atoms with van der Waals surface area (Å²) in [5.41, 5.74) is 9.60. The van der Waals surface area contributed by atoms with Crippen LogP contribution in [0.3, 0.4) is 0 Å². The highest BCUT2D eigenvalue weighted by atomic mass is 32.1. The van der Waals surface area contributed by atoms with Gasteiger partial charge in [-0.3, -0.25) is 0 Å². The van der Waals surface area contributed by atoms with E-state index in [1.54, 1.807) is 7.11 Å². The molecule has 2 aromatic carbocycles. The lowest BCUT2D eigenvalue weighted by Crippen LogP contribution is -2.44. The molecule has 0 radical (unpaired) electrons. The second-order valence-electron chi connectivity index (χ2n) is 7.00. The number of nitrogens with two attached hydrogens (primary N) is 1. The van der Waals surface area contributed by atoms with E-state index in [0.29, 0.717) is 18.2 Å². The summed E-state index contributed by atoms with van der Waals surface area (Å²) in [5, 5.41) is 0.411. The smallest absolute Gasteiger partial charge is 0.166 e. The fourth-order valence-corrected chi connectivity index (χ4v) is 3.39. The molecule has 0 spiro atoms. The molecule has 1 fully saturated rings. The molecule has 0 aliphatic carbocycles. The van der Waals surface area contributed by atoms with Crippen LogP contribution in [0.2, 0.25) is 0 Å². The summed E-state index contributed by atoms with van der Waals surface area (Å²) < 4.78 is 5.21. The molecular formula is C21H28N4OS. The lowest BCUT2D eigenvalue weighted by atomic mass is 10.1. The van der Waals surface area contributed by atoms with E-state index in [2.05, 4.69) is 41.1 Å². The van der Waals surface area contributed by atoms with E-state index >= 15 is 0 Å². The molecule has 0 aromatic heterocycles. The molecule has 3 rings (SSSR count). The Labute approximate surface area is 167 Å². The minimum absolute atomic E-state index is 0.411. The van der Waals surface area contributed by atoms with Crippen LogP contribution >= 0.6 is 12.2 Å². The number of nitrogens with zero attached hydrogens (tertiary/aromatic N) is 3. The minimum atomic E-state index is 0.411. The Morgan fingerprint density at radius 2 is 1.48 bits per heavy atom. The molecule has 1 aliphatic rings. The predicted molar refractivity (Wildman–Crippen MR) is 115 cm³/mol. The van der Waals surface area contributed by atoms with Gasteiger partial charge in [-0.05, 0) is 54.7 Å². The van der Waals surface area contributed by atoms with Crippen LogP contribution in [-0.4, -0.2) is 55.2 Å². The second kappa shape index (κ2) is 9.06. The fourth-order valence-electron chi connectivity index (χ4n) is 3.26. The highest BCUT2D eigenvalue weighted by Gasteiger charge is 2.14. The third kappa shape index (κ3) is 5.34. The third-order valence-corrected chi connectivity index (χ3v) is 5.28. The van der Waals surface area contributed by atoms with Crippen LogP contribution < -0.4 is 15.4 Å². The Bertz CT molecular complexity index is 740. The van der Waals surface area contributed by atoms with Crippen LogP contribution in [0.15, 0.2) is 48.5 Å². The molecule has 1 saturated heterocycles. The van der Waals surface area contributed by atoms with E-state index in [1.807, 2.05) is 29.2 Å². The lowest BCUT2D eigenvalue weighted by molar-refractivity contribution is 0.313. The van der Waals surface area contributed by atoms with Gasteiger partial charge < -0.3 is 25.2 Å². The number of piperazine rings is 1. The summed E-state index contributed by atoms with van der Waals surface area (Å²) in [7, 11) is 3.84. The third-order valence-electron chi connectivity index (χ3n) is 5.02. The number of methoxy groups -OCH3 is 1. The monoisotopic (exact) mass is 384 g/mol. The van der Waals surface area contributed by atoms with Crippen LogP contribution in [0.4, 0.5) is 5.69 Å². The van der Waals surface area contributed by atoms with Crippen molar-refractivity contribution in [2.75, 3.05) is 45.2 Å². The van der Waals surface area contributed by atoms with E-state index in [9.17, 15) is 0 Å². The predicted octanol–water partition coefficient (Wildman–Crippen LogP) is 2.69. The molecule has 2 N–H and O–H groups in total. The molecule has 0 amide bonds. The van der Waals surface area contributed by atoms with E-state index < -0.39 is 0 Å². The molecule has 1 aliphatic heterocycles. The van der Waals surface area contributed by atoms with Gasteiger partial charge in [-0.2, -0.15) is 0 Å². The van der Waals surface area contributed by atoms with Crippen molar-refractivity contribution >= 4 is 23.0 Å². The maximum absolute atomic E-state index is 5.97. The highest BCUT2D eigenvalue weighted by molar-refractivity contribution is 7.80. The Morgan fingerprint density at radius 1 is 0.963 bits per heavy atom. The first-order chi connectivity index (χ1) is 13.0. The van der Waals surface area contributed by atoms with Gasteiger partial charge in [0, 0.05) is 45.0 Å². The molecule has 5 nitrogen and oxygen atoms in total. The van der Waals surface area contributed by atoms with Crippen molar-refractivity contribution in [2.24, 2.45) is 5.73 Å². The van der Waals surface area contributed by atoms with E-state index in [0.717, 1.165) is 37.5 Å². The number of thiocarbonyl (C=S) groups is 1. The first-order valence-electron chi connectivity index (χ1n) is 9.25. The van der Waals surface area contributed by atoms with Gasteiger partial charge in [0.2, 0.25) is 0 Å². The van der Waals surface area contributed by atoms with Gasteiger partial charge in [0.15, 0.2) is 5.11 Å². The Morgan fingerprint density at radius 3 is 1.96 bits per heavy atom. The maximum Gasteiger partial charge on any atom is 0.166 e. The zero-order valence-corrected chi connectivity index (χ0v) is 16.9. The molecule has 0 atom stereocenters. The molecule has 0 bridgehead atoms. The number of benzene rings is 2. The number of rotatable bonds is 6. The molecule has 2 aromatic rings. The Kier molecular flexibility index (Phi) is 6.53. The second-order valence-corrected chi connectivity index (χ2v) is 7.42. The normalized spacial score (nSPS) is 14.8.